The summed E-state index contributed by atoms with van der Waals surface area (Å²) in [6, 6.07) is 0. The number of ether oxygens (including phenoxy) is 1. The molecule has 8 nitrogen and oxygen atoms in total. The van der Waals surface area contributed by atoms with Gasteiger partial charge < -0.3 is 9.30 Å². The Labute approximate surface area is 141 Å². The minimum Gasteiger partial charge on any atom is -0.374 e. The molecule has 2 aliphatic rings. The number of hydrogen-bond donors (Lipinski definition) is 0. The van der Waals surface area contributed by atoms with Crippen LogP contribution in [-0.4, -0.2) is 60.2 Å². The fourth-order valence-corrected chi connectivity index (χ4v) is 3.37. The molecule has 24 heavy (non-hydrogen) atoms. The third kappa shape index (κ3) is 3.21. The first-order valence-electron chi connectivity index (χ1n) is 8.70. The average molecular weight is 331 g/mol. The monoisotopic (exact) mass is 331 g/mol. The highest BCUT2D eigenvalue weighted by Gasteiger charge is 2.30. The summed E-state index contributed by atoms with van der Waals surface area (Å²) in [5, 5.41) is 13.2. The van der Waals surface area contributed by atoms with Gasteiger partial charge in [-0.2, -0.15) is 5.10 Å². The van der Waals surface area contributed by atoms with Crippen molar-refractivity contribution in [3.05, 3.63) is 23.3 Å². The van der Waals surface area contributed by atoms with Crippen molar-refractivity contribution >= 4 is 0 Å². The summed E-state index contributed by atoms with van der Waals surface area (Å²) >= 11 is 0. The molecule has 1 saturated carbocycles. The quantitative estimate of drug-likeness (QED) is 0.807. The van der Waals surface area contributed by atoms with Gasteiger partial charge in [0.15, 0.2) is 0 Å². The maximum absolute atomic E-state index is 5.92. The van der Waals surface area contributed by atoms with Gasteiger partial charge in [-0.05, 0) is 26.7 Å². The van der Waals surface area contributed by atoms with Crippen molar-refractivity contribution in [2.24, 2.45) is 7.05 Å². The molecule has 130 valence electrons. The van der Waals surface area contributed by atoms with Crippen LogP contribution >= 0.6 is 0 Å². The lowest BCUT2D eigenvalue weighted by Gasteiger charge is -2.32. The van der Waals surface area contributed by atoms with Crippen LogP contribution in [0.3, 0.4) is 0 Å². The Bertz CT molecular complexity index is 718. The molecule has 0 amide bonds. The van der Waals surface area contributed by atoms with E-state index in [1.54, 1.807) is 0 Å². The first kappa shape index (κ1) is 15.7. The number of rotatable bonds is 5. The summed E-state index contributed by atoms with van der Waals surface area (Å²) in [5.74, 6) is 4.57. The molecular weight excluding hydrogens is 306 g/mol. The van der Waals surface area contributed by atoms with Gasteiger partial charge in [0.05, 0.1) is 25.8 Å². The molecular formula is C16H25N7O. The summed E-state index contributed by atoms with van der Waals surface area (Å²) < 4.78 is 10.0. The van der Waals surface area contributed by atoms with Crippen LogP contribution in [0.2, 0.25) is 0 Å². The minimum atomic E-state index is 0.134. The third-order valence-electron chi connectivity index (χ3n) is 4.87. The van der Waals surface area contributed by atoms with Crippen molar-refractivity contribution in [1.29, 1.82) is 0 Å². The van der Waals surface area contributed by atoms with Gasteiger partial charge >= 0.3 is 0 Å². The third-order valence-corrected chi connectivity index (χ3v) is 4.87. The first-order chi connectivity index (χ1) is 11.6. The highest BCUT2D eigenvalue weighted by Crippen LogP contribution is 2.38. The van der Waals surface area contributed by atoms with Crippen LogP contribution < -0.4 is 0 Å². The zero-order chi connectivity index (χ0) is 16.7. The number of aryl methyl sites for hydroxylation is 2. The second-order valence-corrected chi connectivity index (χ2v) is 6.92. The van der Waals surface area contributed by atoms with E-state index >= 15 is 0 Å². The van der Waals surface area contributed by atoms with E-state index in [2.05, 4.69) is 36.8 Å². The van der Waals surface area contributed by atoms with Crippen LogP contribution in [-0.2, 0) is 24.9 Å². The van der Waals surface area contributed by atoms with E-state index in [4.69, 9.17) is 4.74 Å². The van der Waals surface area contributed by atoms with Gasteiger partial charge in [0.1, 0.15) is 23.3 Å². The predicted octanol–water partition coefficient (Wildman–Crippen LogP) is 0.802. The van der Waals surface area contributed by atoms with Crippen LogP contribution in [0.25, 0.3) is 0 Å². The van der Waals surface area contributed by atoms with E-state index in [0.717, 1.165) is 56.1 Å². The molecule has 4 rings (SSSR count). The molecule has 0 spiro atoms. The summed E-state index contributed by atoms with van der Waals surface area (Å²) in [4.78, 5) is 6.76. The number of morpholine rings is 1. The van der Waals surface area contributed by atoms with Crippen molar-refractivity contribution in [3.63, 3.8) is 0 Å². The van der Waals surface area contributed by atoms with Gasteiger partial charge in [0.25, 0.3) is 0 Å². The average Bonchev–Trinajstić information content (AvgIpc) is 3.25. The van der Waals surface area contributed by atoms with Gasteiger partial charge in [-0.15, -0.1) is 10.2 Å². The second-order valence-electron chi connectivity index (χ2n) is 6.92. The highest BCUT2D eigenvalue weighted by molar-refractivity contribution is 5.07. The molecule has 2 aromatic rings. The Balaban J connectivity index is 1.39. The van der Waals surface area contributed by atoms with Crippen molar-refractivity contribution in [3.8, 4) is 0 Å². The summed E-state index contributed by atoms with van der Waals surface area (Å²) in [6.07, 6.45) is 2.64. The molecule has 0 unspecified atom stereocenters. The molecule has 1 saturated heterocycles. The van der Waals surface area contributed by atoms with Crippen molar-refractivity contribution < 1.29 is 4.74 Å². The zero-order valence-electron chi connectivity index (χ0n) is 14.6. The molecule has 2 fully saturated rings. The van der Waals surface area contributed by atoms with Crippen molar-refractivity contribution in [1.82, 2.24) is 34.4 Å². The van der Waals surface area contributed by atoms with E-state index < -0.39 is 0 Å². The Morgan fingerprint density at radius 1 is 1.21 bits per heavy atom. The van der Waals surface area contributed by atoms with E-state index in [-0.39, 0.29) is 6.10 Å². The molecule has 0 bridgehead atoms. The maximum Gasteiger partial charge on any atom is 0.147 e. The Morgan fingerprint density at radius 3 is 2.75 bits per heavy atom. The van der Waals surface area contributed by atoms with Gasteiger partial charge in [-0.1, -0.05) is 0 Å². The minimum absolute atomic E-state index is 0.134. The largest absolute Gasteiger partial charge is 0.374 e. The maximum atomic E-state index is 5.92. The number of aromatic nitrogens is 6. The van der Waals surface area contributed by atoms with E-state index in [9.17, 15) is 0 Å². The number of hydrogen-bond acceptors (Lipinski definition) is 6. The molecule has 1 aliphatic heterocycles. The topological polar surface area (TPSA) is 73.9 Å². The van der Waals surface area contributed by atoms with Gasteiger partial charge in [0, 0.05) is 26.1 Å². The molecule has 0 aromatic carbocycles. The van der Waals surface area contributed by atoms with Gasteiger partial charge in [-0.3, -0.25) is 4.90 Å². The summed E-state index contributed by atoms with van der Waals surface area (Å²) in [6.45, 7) is 8.02. The molecule has 1 aliphatic carbocycles. The van der Waals surface area contributed by atoms with Gasteiger partial charge in [0.2, 0.25) is 0 Å². The smallest absolute Gasteiger partial charge is 0.147 e. The lowest BCUT2D eigenvalue weighted by Crippen LogP contribution is -2.44. The second kappa shape index (κ2) is 6.25. The molecule has 3 heterocycles. The SMILES string of the molecule is Cc1nc(C)n(C[C@@H]2CN(Cc3nnc(C4CC4)n3C)CCO2)n1. The standard InChI is InChI=1S/C16H25N7O/c1-11-17-12(2)23(20-11)9-14-8-22(6-7-24-14)10-15-18-19-16(21(15)3)13-4-5-13/h13-14H,4-10H2,1-3H3/t14-/m0/s1. The molecule has 2 aromatic heterocycles. The van der Waals surface area contributed by atoms with Crippen LogP contribution in [0.1, 0.15) is 42.1 Å². The first-order valence-corrected chi connectivity index (χ1v) is 8.70. The summed E-state index contributed by atoms with van der Waals surface area (Å²) in [7, 11) is 2.09. The zero-order valence-corrected chi connectivity index (χ0v) is 14.6. The lowest BCUT2D eigenvalue weighted by atomic mass is 10.2. The Kier molecular flexibility index (Phi) is 4.09. The predicted molar refractivity (Wildman–Crippen MR) is 87.5 cm³/mol. The van der Waals surface area contributed by atoms with Crippen molar-refractivity contribution in [2.75, 3.05) is 19.7 Å². The Hall–Kier alpha value is -1.80. The highest BCUT2D eigenvalue weighted by atomic mass is 16.5. The van der Waals surface area contributed by atoms with Crippen LogP contribution in [0.4, 0.5) is 0 Å². The van der Waals surface area contributed by atoms with E-state index in [1.807, 2.05) is 18.5 Å². The molecule has 1 atom stereocenters. The number of nitrogens with zero attached hydrogens (tertiary/aromatic N) is 7. The normalized spacial score (nSPS) is 22.2. The Morgan fingerprint density at radius 2 is 2.04 bits per heavy atom. The van der Waals surface area contributed by atoms with Crippen LogP contribution in [0, 0.1) is 13.8 Å². The van der Waals surface area contributed by atoms with Crippen LogP contribution in [0.5, 0.6) is 0 Å². The fraction of sp³-hybridized carbons (Fsp3) is 0.750. The van der Waals surface area contributed by atoms with E-state index in [1.165, 1.54) is 12.8 Å². The van der Waals surface area contributed by atoms with Crippen molar-refractivity contribution in [2.45, 2.75) is 51.8 Å². The molecule has 0 radical (unpaired) electrons. The fourth-order valence-electron chi connectivity index (χ4n) is 3.37. The van der Waals surface area contributed by atoms with Gasteiger partial charge in [-0.25, -0.2) is 9.67 Å². The molecule has 0 N–H and O–H groups in total. The lowest BCUT2D eigenvalue weighted by molar-refractivity contribution is -0.0414. The molecule has 8 heteroatoms. The summed E-state index contributed by atoms with van der Waals surface area (Å²) in [5.41, 5.74) is 0. The van der Waals surface area contributed by atoms with E-state index in [0.29, 0.717) is 5.92 Å². The van der Waals surface area contributed by atoms with Crippen LogP contribution in [0.15, 0.2) is 0 Å².